The molecule has 1 aromatic heterocycles. The van der Waals surface area contributed by atoms with E-state index >= 15 is 0 Å². The summed E-state index contributed by atoms with van der Waals surface area (Å²) in [7, 11) is 0. The van der Waals surface area contributed by atoms with Gasteiger partial charge in [0, 0.05) is 19.2 Å². The van der Waals surface area contributed by atoms with Crippen LogP contribution in [0.1, 0.15) is 31.9 Å². The van der Waals surface area contributed by atoms with Crippen LogP contribution in [0.5, 0.6) is 0 Å². The van der Waals surface area contributed by atoms with Gasteiger partial charge in [-0.05, 0) is 50.5 Å². The van der Waals surface area contributed by atoms with Crippen LogP contribution >= 0.6 is 0 Å². The highest BCUT2D eigenvalue weighted by Crippen LogP contribution is 2.27. The lowest BCUT2D eigenvalue weighted by Crippen LogP contribution is -2.28. The van der Waals surface area contributed by atoms with Gasteiger partial charge in [0.25, 0.3) is 5.91 Å². The molecule has 1 fully saturated rings. The third-order valence-electron chi connectivity index (χ3n) is 4.63. The molecule has 0 bridgehead atoms. The first-order valence-electron chi connectivity index (χ1n) is 8.74. The van der Waals surface area contributed by atoms with E-state index in [0.29, 0.717) is 17.0 Å². The summed E-state index contributed by atoms with van der Waals surface area (Å²) in [5, 5.41) is 5.83. The molecule has 2 aromatic rings. The number of benzene rings is 1. The maximum atomic E-state index is 12.7. The van der Waals surface area contributed by atoms with Crippen molar-refractivity contribution >= 4 is 29.3 Å². The largest absolute Gasteiger partial charge is 0.441 e. The zero-order valence-corrected chi connectivity index (χ0v) is 14.3. The fraction of sp³-hybridized carbons (Fsp3) is 0.300. The molecule has 2 aliphatic rings. The van der Waals surface area contributed by atoms with E-state index in [1.165, 1.54) is 24.3 Å². The average Bonchev–Trinajstić information content (AvgIpc) is 3.23. The minimum atomic E-state index is -0.125. The number of anilines is 2. The van der Waals surface area contributed by atoms with Crippen molar-refractivity contribution in [2.75, 3.05) is 23.0 Å². The van der Waals surface area contributed by atoms with Crippen LogP contribution in [0.4, 0.5) is 11.6 Å². The molecule has 25 heavy (non-hydrogen) atoms. The van der Waals surface area contributed by atoms with Crippen molar-refractivity contribution in [1.29, 1.82) is 0 Å². The highest BCUT2D eigenvalue weighted by Gasteiger charge is 2.29. The summed E-state index contributed by atoms with van der Waals surface area (Å²) in [6.45, 7) is 3.91. The summed E-state index contributed by atoms with van der Waals surface area (Å²) >= 11 is 0. The maximum absolute atomic E-state index is 12.7. The van der Waals surface area contributed by atoms with Crippen LogP contribution in [0.2, 0.25) is 0 Å². The second-order valence-corrected chi connectivity index (χ2v) is 6.42. The van der Waals surface area contributed by atoms with Crippen LogP contribution in [0.25, 0.3) is 6.08 Å². The maximum Gasteiger partial charge on any atom is 0.280 e. The van der Waals surface area contributed by atoms with Gasteiger partial charge in [0.05, 0.1) is 17.0 Å². The third kappa shape index (κ3) is 3.09. The zero-order chi connectivity index (χ0) is 17.2. The number of piperidine rings is 1. The average molecular weight is 335 g/mol. The monoisotopic (exact) mass is 335 g/mol. The Morgan fingerprint density at radius 3 is 2.56 bits per heavy atom. The quantitative estimate of drug-likeness (QED) is 0.794. The van der Waals surface area contributed by atoms with Gasteiger partial charge in [-0.25, -0.2) is 0 Å². The molecular formula is C20H21N3O2. The fourth-order valence-electron chi connectivity index (χ4n) is 3.27. The van der Waals surface area contributed by atoms with E-state index in [1.54, 1.807) is 6.08 Å². The molecule has 0 radical (unpaired) electrons. The number of para-hydroxylation sites is 1. The Morgan fingerprint density at radius 1 is 1.04 bits per heavy atom. The molecule has 0 spiro atoms. The summed E-state index contributed by atoms with van der Waals surface area (Å²) < 4.78 is 5.95. The minimum Gasteiger partial charge on any atom is -0.441 e. The van der Waals surface area contributed by atoms with Crippen molar-refractivity contribution in [2.24, 2.45) is 5.10 Å². The lowest BCUT2D eigenvalue weighted by atomic mass is 10.1. The molecule has 1 aromatic carbocycles. The van der Waals surface area contributed by atoms with E-state index in [4.69, 9.17) is 4.42 Å². The number of nitrogens with zero attached hydrogens (tertiary/aromatic N) is 3. The Balaban J connectivity index is 1.56. The van der Waals surface area contributed by atoms with Crippen molar-refractivity contribution in [3.05, 3.63) is 53.8 Å². The standard InChI is InChI=1S/C20H21N3O2/c1-15-18(20(24)23(21-15)16-8-4-2-5-9-16)14-17-10-11-19(25-17)22-12-6-3-7-13-22/h2,4-5,8-11,14H,3,6-7,12-13H2,1H3. The molecule has 0 atom stereocenters. The molecule has 5 nitrogen and oxygen atoms in total. The number of rotatable bonds is 3. The number of hydrogen-bond acceptors (Lipinski definition) is 4. The Kier molecular flexibility index (Phi) is 4.14. The molecule has 4 rings (SSSR count). The molecule has 0 unspecified atom stereocenters. The van der Waals surface area contributed by atoms with Crippen LogP contribution < -0.4 is 9.91 Å². The van der Waals surface area contributed by atoms with Crippen molar-refractivity contribution < 1.29 is 9.21 Å². The highest BCUT2D eigenvalue weighted by molar-refractivity contribution is 6.32. The summed E-state index contributed by atoms with van der Waals surface area (Å²) in [5.74, 6) is 1.44. The molecule has 0 saturated carbocycles. The molecule has 0 aliphatic carbocycles. The van der Waals surface area contributed by atoms with E-state index in [2.05, 4.69) is 10.0 Å². The third-order valence-corrected chi connectivity index (χ3v) is 4.63. The molecule has 2 aliphatic heterocycles. The van der Waals surface area contributed by atoms with Gasteiger partial charge in [-0.15, -0.1) is 0 Å². The molecule has 128 valence electrons. The van der Waals surface area contributed by atoms with Crippen LogP contribution in [-0.4, -0.2) is 24.7 Å². The van der Waals surface area contributed by atoms with Crippen LogP contribution in [0.3, 0.4) is 0 Å². The van der Waals surface area contributed by atoms with Gasteiger partial charge < -0.3 is 9.32 Å². The topological polar surface area (TPSA) is 49.1 Å². The molecule has 3 heterocycles. The molecule has 1 saturated heterocycles. The zero-order valence-electron chi connectivity index (χ0n) is 14.3. The summed E-state index contributed by atoms with van der Waals surface area (Å²) in [5.41, 5.74) is 2.04. The summed E-state index contributed by atoms with van der Waals surface area (Å²) in [6.07, 6.45) is 5.48. The molecule has 1 amide bonds. The van der Waals surface area contributed by atoms with Crippen molar-refractivity contribution in [3.8, 4) is 0 Å². The van der Waals surface area contributed by atoms with Gasteiger partial charge in [0.15, 0.2) is 5.88 Å². The normalized spacial score (nSPS) is 19.6. The summed E-state index contributed by atoms with van der Waals surface area (Å²) in [6, 6.07) is 13.4. The number of carbonyl (C=O) groups excluding carboxylic acids is 1. The van der Waals surface area contributed by atoms with Gasteiger partial charge in [-0.2, -0.15) is 10.1 Å². The lowest BCUT2D eigenvalue weighted by Gasteiger charge is -2.25. The van der Waals surface area contributed by atoms with E-state index < -0.39 is 0 Å². The first-order valence-corrected chi connectivity index (χ1v) is 8.74. The first-order chi connectivity index (χ1) is 12.2. The lowest BCUT2D eigenvalue weighted by molar-refractivity contribution is -0.114. The van der Waals surface area contributed by atoms with E-state index in [-0.39, 0.29) is 5.91 Å². The molecule has 5 heteroatoms. The van der Waals surface area contributed by atoms with Gasteiger partial charge in [0.2, 0.25) is 0 Å². The van der Waals surface area contributed by atoms with Crippen LogP contribution in [0, 0.1) is 0 Å². The fourth-order valence-corrected chi connectivity index (χ4v) is 3.27. The predicted molar refractivity (Wildman–Crippen MR) is 99.8 cm³/mol. The van der Waals surface area contributed by atoms with Gasteiger partial charge >= 0.3 is 0 Å². The number of hydrazone groups is 1. The van der Waals surface area contributed by atoms with Crippen molar-refractivity contribution in [3.63, 3.8) is 0 Å². The van der Waals surface area contributed by atoms with Gasteiger partial charge in [-0.1, -0.05) is 18.2 Å². The van der Waals surface area contributed by atoms with Gasteiger partial charge in [-0.3, -0.25) is 4.79 Å². The molecular weight excluding hydrogens is 314 g/mol. The second kappa shape index (κ2) is 6.59. The number of carbonyl (C=O) groups is 1. The number of furan rings is 1. The highest BCUT2D eigenvalue weighted by atomic mass is 16.4. The predicted octanol–water partition coefficient (Wildman–Crippen LogP) is 4.08. The van der Waals surface area contributed by atoms with Crippen molar-refractivity contribution in [2.45, 2.75) is 26.2 Å². The number of hydrogen-bond donors (Lipinski definition) is 0. The Bertz CT molecular complexity index is 830. The second-order valence-electron chi connectivity index (χ2n) is 6.42. The van der Waals surface area contributed by atoms with Gasteiger partial charge in [0.1, 0.15) is 5.76 Å². The SMILES string of the molecule is CC1=NN(c2ccccc2)C(=O)C1=Cc1ccc(N2CCCCC2)o1. The van der Waals surface area contributed by atoms with E-state index in [1.807, 2.05) is 49.4 Å². The van der Waals surface area contributed by atoms with E-state index in [9.17, 15) is 4.79 Å². The number of amides is 1. The van der Waals surface area contributed by atoms with Crippen LogP contribution in [0.15, 0.2) is 57.6 Å². The van der Waals surface area contributed by atoms with Crippen LogP contribution in [-0.2, 0) is 4.79 Å². The minimum absolute atomic E-state index is 0.125. The molecule has 0 N–H and O–H groups in total. The smallest absolute Gasteiger partial charge is 0.280 e. The van der Waals surface area contributed by atoms with Crippen molar-refractivity contribution in [1.82, 2.24) is 0 Å². The Morgan fingerprint density at radius 2 is 1.80 bits per heavy atom. The Hall–Kier alpha value is -2.82. The van der Waals surface area contributed by atoms with E-state index in [0.717, 1.165) is 24.7 Å². The first kappa shape index (κ1) is 15.7. The Labute approximate surface area is 147 Å². The summed E-state index contributed by atoms with van der Waals surface area (Å²) in [4.78, 5) is 15.0.